The van der Waals surface area contributed by atoms with Crippen LogP contribution in [0.15, 0.2) is 16.5 Å². The number of nitriles is 1. The van der Waals surface area contributed by atoms with Crippen molar-refractivity contribution in [3.8, 4) is 6.07 Å². The second-order valence-electron chi connectivity index (χ2n) is 3.53. The van der Waals surface area contributed by atoms with Crippen LogP contribution in [0.3, 0.4) is 0 Å². The van der Waals surface area contributed by atoms with Gasteiger partial charge in [0, 0.05) is 6.54 Å². The lowest BCUT2D eigenvalue weighted by Gasteiger charge is -2.13. The van der Waals surface area contributed by atoms with E-state index in [-0.39, 0.29) is 17.7 Å². The van der Waals surface area contributed by atoms with E-state index in [0.29, 0.717) is 25.3 Å². The molecule has 1 aliphatic rings. The third kappa shape index (κ3) is 1.85. The van der Waals surface area contributed by atoms with Crippen molar-refractivity contribution in [2.24, 2.45) is 5.73 Å². The van der Waals surface area contributed by atoms with Gasteiger partial charge in [-0.3, -0.25) is 4.79 Å². The normalized spacial score (nSPS) is 20.7. The molecule has 1 fully saturated rings. The first-order chi connectivity index (χ1) is 7.20. The fraction of sp³-hybridized carbons (Fsp3) is 0.400. The van der Waals surface area contributed by atoms with Gasteiger partial charge in [0.05, 0.1) is 12.6 Å². The van der Waals surface area contributed by atoms with E-state index in [2.05, 4.69) is 0 Å². The number of furan rings is 1. The molecule has 0 aromatic carbocycles. The van der Waals surface area contributed by atoms with Gasteiger partial charge in [-0.15, -0.1) is 0 Å². The van der Waals surface area contributed by atoms with Gasteiger partial charge in [0.2, 0.25) is 11.7 Å². The highest BCUT2D eigenvalue weighted by atomic mass is 16.3. The van der Waals surface area contributed by atoms with Crippen LogP contribution in [0, 0.1) is 11.3 Å². The van der Waals surface area contributed by atoms with Crippen molar-refractivity contribution in [3.05, 3.63) is 23.7 Å². The average Bonchev–Trinajstić information content (AvgIpc) is 2.80. The zero-order valence-corrected chi connectivity index (χ0v) is 8.14. The Morgan fingerprint density at radius 1 is 1.67 bits per heavy atom. The molecule has 5 nitrogen and oxygen atoms in total. The predicted molar refractivity (Wildman–Crippen MR) is 51.4 cm³/mol. The largest absolute Gasteiger partial charge is 0.449 e. The van der Waals surface area contributed by atoms with Crippen LogP contribution in [-0.4, -0.2) is 23.4 Å². The molecule has 2 rings (SSSR count). The molecular weight excluding hydrogens is 194 g/mol. The molecule has 0 radical (unpaired) electrons. The first kappa shape index (κ1) is 9.74. The standard InChI is InChI=1S/C10H11N3O2/c11-5-7-1-2-8(15-7)6-13-4-3-9(12)10(13)14/h1-2,9H,3-4,6,12H2. The zero-order valence-electron chi connectivity index (χ0n) is 8.14. The van der Waals surface area contributed by atoms with Gasteiger partial charge >= 0.3 is 0 Å². The number of likely N-dealkylation sites (tertiary alicyclic amines) is 1. The Bertz CT molecular complexity index is 419. The van der Waals surface area contributed by atoms with Crippen LogP contribution in [-0.2, 0) is 11.3 Å². The molecule has 1 aromatic heterocycles. The number of nitrogens with zero attached hydrogens (tertiary/aromatic N) is 2. The molecule has 0 aliphatic carbocycles. The van der Waals surface area contributed by atoms with Gasteiger partial charge in [-0.1, -0.05) is 0 Å². The molecule has 1 atom stereocenters. The maximum absolute atomic E-state index is 11.5. The molecule has 2 N–H and O–H groups in total. The summed E-state index contributed by atoms with van der Waals surface area (Å²) in [7, 11) is 0. The van der Waals surface area contributed by atoms with Crippen LogP contribution in [0.25, 0.3) is 0 Å². The van der Waals surface area contributed by atoms with Gasteiger partial charge in [-0.25, -0.2) is 0 Å². The number of carbonyl (C=O) groups excluding carboxylic acids is 1. The Hall–Kier alpha value is -1.80. The number of carbonyl (C=O) groups is 1. The maximum Gasteiger partial charge on any atom is 0.239 e. The van der Waals surface area contributed by atoms with E-state index in [1.54, 1.807) is 17.0 Å². The van der Waals surface area contributed by atoms with E-state index in [4.69, 9.17) is 15.4 Å². The summed E-state index contributed by atoms with van der Waals surface area (Å²) in [4.78, 5) is 13.1. The van der Waals surface area contributed by atoms with Crippen LogP contribution in [0.5, 0.6) is 0 Å². The van der Waals surface area contributed by atoms with Crippen molar-refractivity contribution in [3.63, 3.8) is 0 Å². The summed E-state index contributed by atoms with van der Waals surface area (Å²) in [6.45, 7) is 1.05. The van der Waals surface area contributed by atoms with Crippen molar-refractivity contribution >= 4 is 5.91 Å². The molecule has 1 aliphatic heterocycles. The summed E-state index contributed by atoms with van der Waals surface area (Å²) in [5.41, 5.74) is 5.58. The number of nitrogens with two attached hydrogens (primary N) is 1. The molecule has 1 amide bonds. The molecule has 1 aromatic rings. The van der Waals surface area contributed by atoms with Crippen molar-refractivity contribution in [1.82, 2.24) is 4.90 Å². The summed E-state index contributed by atoms with van der Waals surface area (Å²) in [6, 6.07) is 4.82. The Balaban J connectivity index is 2.04. The van der Waals surface area contributed by atoms with Gasteiger partial charge in [-0.05, 0) is 18.6 Å². The van der Waals surface area contributed by atoms with Crippen molar-refractivity contribution < 1.29 is 9.21 Å². The maximum atomic E-state index is 11.5. The second kappa shape index (κ2) is 3.75. The van der Waals surface area contributed by atoms with Gasteiger partial charge in [0.25, 0.3) is 0 Å². The van der Waals surface area contributed by atoms with E-state index in [9.17, 15) is 4.79 Å². The first-order valence-electron chi connectivity index (χ1n) is 4.74. The van der Waals surface area contributed by atoms with E-state index in [1.165, 1.54) is 0 Å². The first-order valence-corrected chi connectivity index (χ1v) is 4.74. The third-order valence-electron chi connectivity index (χ3n) is 2.46. The molecule has 0 bridgehead atoms. The highest BCUT2D eigenvalue weighted by molar-refractivity contribution is 5.83. The highest BCUT2D eigenvalue weighted by Crippen LogP contribution is 2.15. The molecule has 1 unspecified atom stereocenters. The summed E-state index contributed by atoms with van der Waals surface area (Å²) in [5, 5.41) is 8.56. The predicted octanol–water partition coefficient (Wildman–Crippen LogP) is 0.211. The lowest BCUT2D eigenvalue weighted by Crippen LogP contribution is -2.33. The topological polar surface area (TPSA) is 83.3 Å². The summed E-state index contributed by atoms with van der Waals surface area (Å²) in [5.74, 6) is 0.833. The number of amides is 1. The van der Waals surface area contributed by atoms with Crippen LogP contribution in [0.4, 0.5) is 0 Å². The Morgan fingerprint density at radius 3 is 3.00 bits per heavy atom. The minimum Gasteiger partial charge on any atom is -0.449 e. The Morgan fingerprint density at radius 2 is 2.47 bits per heavy atom. The Kier molecular flexibility index (Phi) is 2.44. The summed E-state index contributed by atoms with van der Waals surface area (Å²) < 4.78 is 5.18. The third-order valence-corrected chi connectivity index (χ3v) is 2.46. The molecule has 0 saturated carbocycles. The van der Waals surface area contributed by atoms with E-state index < -0.39 is 0 Å². The van der Waals surface area contributed by atoms with Gasteiger partial charge in [0.15, 0.2) is 0 Å². The highest BCUT2D eigenvalue weighted by Gasteiger charge is 2.28. The molecule has 78 valence electrons. The van der Waals surface area contributed by atoms with Crippen molar-refractivity contribution in [2.75, 3.05) is 6.54 Å². The summed E-state index contributed by atoms with van der Waals surface area (Å²) >= 11 is 0. The monoisotopic (exact) mass is 205 g/mol. The SMILES string of the molecule is N#Cc1ccc(CN2CCC(N)C2=O)o1. The van der Waals surface area contributed by atoms with Crippen LogP contribution >= 0.6 is 0 Å². The van der Waals surface area contributed by atoms with E-state index in [1.807, 2.05) is 6.07 Å². The number of hydrogen-bond donors (Lipinski definition) is 1. The molecule has 1 saturated heterocycles. The average molecular weight is 205 g/mol. The minimum atomic E-state index is -0.379. The fourth-order valence-corrected chi connectivity index (χ4v) is 1.63. The van der Waals surface area contributed by atoms with E-state index in [0.717, 1.165) is 0 Å². The molecule has 2 heterocycles. The van der Waals surface area contributed by atoms with Crippen molar-refractivity contribution in [2.45, 2.75) is 19.0 Å². The van der Waals surface area contributed by atoms with Crippen LogP contribution in [0.2, 0.25) is 0 Å². The zero-order chi connectivity index (χ0) is 10.8. The number of hydrogen-bond acceptors (Lipinski definition) is 4. The quantitative estimate of drug-likeness (QED) is 0.748. The lowest BCUT2D eigenvalue weighted by atomic mass is 10.3. The molecular formula is C10H11N3O2. The molecule has 0 spiro atoms. The Labute approximate surface area is 87.1 Å². The minimum absolute atomic E-state index is 0.0510. The number of rotatable bonds is 2. The lowest BCUT2D eigenvalue weighted by molar-refractivity contribution is -0.129. The van der Waals surface area contributed by atoms with Crippen LogP contribution in [0.1, 0.15) is 17.9 Å². The fourth-order valence-electron chi connectivity index (χ4n) is 1.63. The van der Waals surface area contributed by atoms with Gasteiger partial charge < -0.3 is 15.1 Å². The van der Waals surface area contributed by atoms with Crippen LogP contribution < -0.4 is 5.73 Å². The van der Waals surface area contributed by atoms with Crippen molar-refractivity contribution in [1.29, 1.82) is 5.26 Å². The van der Waals surface area contributed by atoms with Gasteiger partial charge in [0.1, 0.15) is 11.8 Å². The van der Waals surface area contributed by atoms with E-state index >= 15 is 0 Å². The van der Waals surface area contributed by atoms with Gasteiger partial charge in [-0.2, -0.15) is 5.26 Å². The molecule has 5 heteroatoms. The second-order valence-corrected chi connectivity index (χ2v) is 3.53. The smallest absolute Gasteiger partial charge is 0.239 e. The molecule has 15 heavy (non-hydrogen) atoms. The summed E-state index contributed by atoms with van der Waals surface area (Å²) in [6.07, 6.45) is 0.685.